The summed E-state index contributed by atoms with van der Waals surface area (Å²) in [5, 5.41) is 9.12. The molecule has 1 N–H and O–H groups in total. The third-order valence-electron chi connectivity index (χ3n) is 2.55. The first-order chi connectivity index (χ1) is 8.24. The molecule has 17 heavy (non-hydrogen) atoms. The van der Waals surface area contributed by atoms with Crippen molar-refractivity contribution >= 4 is 17.0 Å². The fraction of sp³-hybridized carbons (Fsp3) is 0.333. The van der Waals surface area contributed by atoms with Crippen LogP contribution in [0.3, 0.4) is 0 Å². The number of carboxylic acids is 1. The lowest BCUT2D eigenvalue weighted by molar-refractivity contribution is 0.0698. The van der Waals surface area contributed by atoms with E-state index in [1.54, 1.807) is 24.5 Å². The molecule has 0 unspecified atom stereocenters. The van der Waals surface area contributed by atoms with Gasteiger partial charge >= 0.3 is 5.97 Å². The van der Waals surface area contributed by atoms with Crippen LogP contribution >= 0.6 is 0 Å². The zero-order valence-corrected chi connectivity index (χ0v) is 9.59. The van der Waals surface area contributed by atoms with Gasteiger partial charge in [0.05, 0.1) is 29.5 Å². The highest BCUT2D eigenvalue weighted by molar-refractivity contribution is 6.01. The van der Waals surface area contributed by atoms with Gasteiger partial charge < -0.3 is 14.4 Å². The lowest BCUT2D eigenvalue weighted by Gasteiger charge is -2.06. The molecule has 0 atom stereocenters. The van der Waals surface area contributed by atoms with Gasteiger partial charge in [-0.2, -0.15) is 0 Å². The molecule has 0 aliphatic carbocycles. The van der Waals surface area contributed by atoms with Crippen LogP contribution in [-0.2, 0) is 11.3 Å². The third kappa shape index (κ3) is 2.29. The summed E-state index contributed by atoms with van der Waals surface area (Å²) in [6.07, 6.45) is 1.65. The topological polar surface area (TPSA) is 64.4 Å². The van der Waals surface area contributed by atoms with Crippen LogP contribution in [0.5, 0.6) is 0 Å². The minimum absolute atomic E-state index is 0.275. The molecule has 1 heterocycles. The molecule has 0 amide bonds. The van der Waals surface area contributed by atoms with E-state index in [4.69, 9.17) is 9.84 Å². The van der Waals surface area contributed by atoms with Gasteiger partial charge in [-0.1, -0.05) is 6.07 Å². The van der Waals surface area contributed by atoms with Gasteiger partial charge in [-0.25, -0.2) is 9.78 Å². The smallest absolute Gasteiger partial charge is 0.337 e. The summed E-state index contributed by atoms with van der Waals surface area (Å²) >= 11 is 0. The van der Waals surface area contributed by atoms with Crippen molar-refractivity contribution in [3.8, 4) is 0 Å². The molecule has 0 aliphatic heterocycles. The van der Waals surface area contributed by atoms with Crippen LogP contribution in [-0.4, -0.2) is 33.8 Å². The highest BCUT2D eigenvalue weighted by Gasteiger charge is 2.12. The lowest BCUT2D eigenvalue weighted by Crippen LogP contribution is -2.07. The maximum Gasteiger partial charge on any atom is 0.337 e. The maximum absolute atomic E-state index is 11.1. The molecule has 2 aromatic rings. The van der Waals surface area contributed by atoms with E-state index in [-0.39, 0.29) is 5.56 Å². The summed E-state index contributed by atoms with van der Waals surface area (Å²) in [7, 11) is 0. The van der Waals surface area contributed by atoms with Crippen molar-refractivity contribution in [2.45, 2.75) is 13.5 Å². The Morgan fingerprint density at radius 1 is 1.53 bits per heavy atom. The minimum Gasteiger partial charge on any atom is -0.478 e. The van der Waals surface area contributed by atoms with Crippen molar-refractivity contribution in [2.24, 2.45) is 0 Å². The Morgan fingerprint density at radius 2 is 2.35 bits per heavy atom. The molecule has 5 heteroatoms. The molecule has 1 aromatic carbocycles. The van der Waals surface area contributed by atoms with Crippen molar-refractivity contribution in [1.29, 1.82) is 0 Å². The predicted octanol–water partition coefficient (Wildman–Crippen LogP) is 1.77. The number of benzene rings is 1. The molecule has 0 saturated heterocycles. The molecule has 0 spiro atoms. The summed E-state index contributed by atoms with van der Waals surface area (Å²) in [5.74, 6) is -0.936. The molecule has 0 saturated carbocycles. The summed E-state index contributed by atoms with van der Waals surface area (Å²) in [6.45, 7) is 3.73. The highest BCUT2D eigenvalue weighted by Crippen LogP contribution is 2.17. The predicted molar refractivity (Wildman–Crippen MR) is 63.2 cm³/mol. The van der Waals surface area contributed by atoms with Crippen molar-refractivity contribution < 1.29 is 14.6 Å². The monoisotopic (exact) mass is 234 g/mol. The Bertz CT molecular complexity index is 534. The Hall–Kier alpha value is -1.88. The largest absolute Gasteiger partial charge is 0.478 e. The zero-order chi connectivity index (χ0) is 12.3. The van der Waals surface area contributed by atoms with Gasteiger partial charge in [0.1, 0.15) is 0 Å². The second kappa shape index (κ2) is 4.97. The first-order valence-electron chi connectivity index (χ1n) is 5.49. The third-order valence-corrected chi connectivity index (χ3v) is 2.55. The van der Waals surface area contributed by atoms with E-state index in [0.29, 0.717) is 30.8 Å². The number of aromatic nitrogens is 2. The van der Waals surface area contributed by atoms with Crippen LogP contribution < -0.4 is 0 Å². The standard InChI is InChI=1S/C12H14N2O3/c1-2-17-7-6-14-8-13-10-5-3-4-9(11(10)14)12(15)16/h3-5,8H,2,6-7H2,1H3,(H,15,16). The van der Waals surface area contributed by atoms with Gasteiger partial charge in [-0.3, -0.25) is 0 Å². The summed E-state index contributed by atoms with van der Waals surface area (Å²) in [5.41, 5.74) is 1.62. The van der Waals surface area contributed by atoms with Crippen LogP contribution in [0.15, 0.2) is 24.5 Å². The number of aromatic carboxylic acids is 1. The number of carbonyl (C=O) groups is 1. The molecule has 5 nitrogen and oxygen atoms in total. The Labute approximate surface area is 98.6 Å². The number of imidazole rings is 1. The molecular formula is C12H14N2O3. The van der Waals surface area contributed by atoms with E-state index < -0.39 is 5.97 Å². The van der Waals surface area contributed by atoms with E-state index in [9.17, 15) is 4.79 Å². The van der Waals surface area contributed by atoms with Crippen molar-refractivity contribution in [3.63, 3.8) is 0 Å². The Balaban J connectivity index is 2.39. The molecule has 90 valence electrons. The van der Waals surface area contributed by atoms with Gasteiger partial charge in [0.15, 0.2) is 0 Å². The first kappa shape index (κ1) is 11.6. The molecule has 1 aromatic heterocycles. The number of para-hydroxylation sites is 1. The molecule has 0 aliphatic rings. The van der Waals surface area contributed by atoms with E-state index in [0.717, 1.165) is 0 Å². The first-order valence-corrected chi connectivity index (χ1v) is 5.49. The Morgan fingerprint density at radius 3 is 3.06 bits per heavy atom. The van der Waals surface area contributed by atoms with E-state index in [1.165, 1.54) is 0 Å². The molecule has 0 fully saturated rings. The fourth-order valence-corrected chi connectivity index (χ4v) is 1.78. The van der Waals surface area contributed by atoms with E-state index in [2.05, 4.69) is 4.98 Å². The van der Waals surface area contributed by atoms with E-state index >= 15 is 0 Å². The lowest BCUT2D eigenvalue weighted by atomic mass is 10.2. The number of rotatable bonds is 5. The minimum atomic E-state index is -0.936. The molecule has 0 bridgehead atoms. The number of nitrogens with zero attached hydrogens (tertiary/aromatic N) is 2. The van der Waals surface area contributed by atoms with Crippen LogP contribution in [0.1, 0.15) is 17.3 Å². The summed E-state index contributed by atoms with van der Waals surface area (Å²) in [4.78, 5) is 15.3. The summed E-state index contributed by atoms with van der Waals surface area (Å²) < 4.78 is 7.07. The average molecular weight is 234 g/mol. The van der Waals surface area contributed by atoms with Crippen molar-refractivity contribution in [3.05, 3.63) is 30.1 Å². The number of hydrogen-bond acceptors (Lipinski definition) is 3. The second-order valence-corrected chi connectivity index (χ2v) is 3.61. The highest BCUT2D eigenvalue weighted by atomic mass is 16.5. The fourth-order valence-electron chi connectivity index (χ4n) is 1.78. The zero-order valence-electron chi connectivity index (χ0n) is 9.59. The number of ether oxygens (including phenoxy) is 1. The second-order valence-electron chi connectivity index (χ2n) is 3.61. The number of carboxylic acid groups (broad SMARTS) is 1. The van der Waals surface area contributed by atoms with Crippen molar-refractivity contribution in [1.82, 2.24) is 9.55 Å². The SMILES string of the molecule is CCOCCn1cnc2cccc(C(=O)O)c21. The van der Waals surface area contributed by atoms with Crippen LogP contribution in [0.4, 0.5) is 0 Å². The van der Waals surface area contributed by atoms with Gasteiger partial charge in [-0.05, 0) is 19.1 Å². The van der Waals surface area contributed by atoms with Crippen LogP contribution in [0.25, 0.3) is 11.0 Å². The number of fused-ring (bicyclic) bond motifs is 1. The van der Waals surface area contributed by atoms with Crippen molar-refractivity contribution in [2.75, 3.05) is 13.2 Å². The molecule has 0 radical (unpaired) electrons. The molecular weight excluding hydrogens is 220 g/mol. The van der Waals surface area contributed by atoms with Gasteiger partial charge in [-0.15, -0.1) is 0 Å². The number of hydrogen-bond donors (Lipinski definition) is 1. The van der Waals surface area contributed by atoms with Crippen LogP contribution in [0, 0.1) is 0 Å². The average Bonchev–Trinajstić information content (AvgIpc) is 2.73. The quantitative estimate of drug-likeness (QED) is 0.801. The normalized spacial score (nSPS) is 10.9. The Kier molecular flexibility index (Phi) is 3.39. The van der Waals surface area contributed by atoms with Gasteiger partial charge in [0.2, 0.25) is 0 Å². The maximum atomic E-state index is 11.1. The van der Waals surface area contributed by atoms with Gasteiger partial charge in [0.25, 0.3) is 0 Å². The van der Waals surface area contributed by atoms with Gasteiger partial charge in [0, 0.05) is 13.2 Å². The molecule has 2 rings (SSSR count). The van der Waals surface area contributed by atoms with Crippen LogP contribution in [0.2, 0.25) is 0 Å². The summed E-state index contributed by atoms with van der Waals surface area (Å²) in [6, 6.07) is 5.09. The van der Waals surface area contributed by atoms with E-state index in [1.807, 2.05) is 11.5 Å².